The van der Waals surface area contributed by atoms with E-state index in [0.29, 0.717) is 37.6 Å². The fourth-order valence-corrected chi connectivity index (χ4v) is 6.26. The number of nitrogens with zero attached hydrogens (tertiary/aromatic N) is 4. The number of carbonyl (C=O) groups is 3. The SMILES string of the molecule is O=C1CCC(N2Cc3cc(N4CCN(Cc5ccc(N6CCOCC6)c(Cl)c5)CC4)c(F)cc3C2=O)C(=O)N1. The highest BCUT2D eigenvalue weighted by molar-refractivity contribution is 6.33. The number of rotatable bonds is 5. The van der Waals surface area contributed by atoms with E-state index in [-0.39, 0.29) is 36.8 Å². The standard InChI is InChI=1S/C28H31ClFN5O4/c29-21-13-18(1-2-23(21)34-9-11-39-12-10-34)16-32-5-7-33(8-6-32)25-14-19-17-35(28(38)20(19)15-22(25)30)24-3-4-26(36)31-27(24)37/h1-2,13-15,24H,3-12,16-17H2,(H,31,36,37). The monoisotopic (exact) mass is 555 g/mol. The molecule has 0 saturated carbocycles. The Bertz CT molecular complexity index is 1310. The topological polar surface area (TPSA) is 85.4 Å². The zero-order valence-electron chi connectivity index (χ0n) is 21.6. The lowest BCUT2D eigenvalue weighted by Gasteiger charge is -2.36. The molecule has 2 aromatic rings. The maximum atomic E-state index is 15.2. The predicted molar refractivity (Wildman–Crippen MR) is 144 cm³/mol. The molecule has 3 saturated heterocycles. The van der Waals surface area contributed by atoms with E-state index in [1.54, 1.807) is 6.07 Å². The molecule has 1 N–H and O–H groups in total. The van der Waals surface area contributed by atoms with Crippen LogP contribution in [0.5, 0.6) is 0 Å². The molecule has 0 spiro atoms. The summed E-state index contributed by atoms with van der Waals surface area (Å²) in [6.07, 6.45) is 0.466. The molecule has 3 fully saturated rings. The first-order valence-electron chi connectivity index (χ1n) is 13.4. The van der Waals surface area contributed by atoms with E-state index in [9.17, 15) is 14.4 Å². The van der Waals surface area contributed by atoms with Gasteiger partial charge in [0, 0.05) is 64.3 Å². The second-order valence-electron chi connectivity index (χ2n) is 10.5. The summed E-state index contributed by atoms with van der Waals surface area (Å²) in [5, 5.41) is 3.04. The molecule has 9 nitrogen and oxygen atoms in total. The zero-order chi connectivity index (χ0) is 27.1. The van der Waals surface area contributed by atoms with Crippen molar-refractivity contribution >= 4 is 40.7 Å². The van der Waals surface area contributed by atoms with Crippen LogP contribution in [0.3, 0.4) is 0 Å². The molecule has 39 heavy (non-hydrogen) atoms. The van der Waals surface area contributed by atoms with Crippen LogP contribution in [-0.4, -0.2) is 86.0 Å². The first-order chi connectivity index (χ1) is 18.9. The van der Waals surface area contributed by atoms with Gasteiger partial charge in [-0.1, -0.05) is 17.7 Å². The van der Waals surface area contributed by atoms with E-state index in [2.05, 4.69) is 27.2 Å². The minimum Gasteiger partial charge on any atom is -0.378 e. The number of benzene rings is 2. The third-order valence-corrected chi connectivity index (χ3v) is 8.38. The molecule has 6 rings (SSSR count). The number of amides is 3. The average Bonchev–Trinajstić information content (AvgIpc) is 3.24. The second-order valence-corrected chi connectivity index (χ2v) is 10.9. The number of nitrogens with one attached hydrogen (secondary N) is 1. The lowest BCUT2D eigenvalue weighted by Crippen LogP contribution is -2.52. The Balaban J connectivity index is 1.08. The summed E-state index contributed by atoms with van der Waals surface area (Å²) in [6.45, 7) is 6.92. The molecule has 4 aliphatic rings. The van der Waals surface area contributed by atoms with Crippen LogP contribution in [0.2, 0.25) is 5.02 Å². The van der Waals surface area contributed by atoms with Crippen LogP contribution in [0.15, 0.2) is 30.3 Å². The third-order valence-electron chi connectivity index (χ3n) is 8.07. The maximum Gasteiger partial charge on any atom is 0.255 e. The Labute approximate surface area is 231 Å². The number of hydrogen-bond acceptors (Lipinski definition) is 7. The Morgan fingerprint density at radius 3 is 2.41 bits per heavy atom. The summed E-state index contributed by atoms with van der Waals surface area (Å²) in [4.78, 5) is 44.8. The summed E-state index contributed by atoms with van der Waals surface area (Å²) < 4.78 is 20.6. The van der Waals surface area contributed by atoms with Crippen LogP contribution in [0, 0.1) is 5.82 Å². The second kappa shape index (κ2) is 10.7. The minimum atomic E-state index is -0.714. The molecule has 206 valence electrons. The van der Waals surface area contributed by atoms with Crippen LogP contribution >= 0.6 is 11.6 Å². The molecule has 2 aromatic carbocycles. The summed E-state index contributed by atoms with van der Waals surface area (Å²) in [5.41, 5.74) is 3.65. The Kier molecular flexibility index (Phi) is 7.18. The number of imide groups is 1. The fourth-order valence-electron chi connectivity index (χ4n) is 5.93. The van der Waals surface area contributed by atoms with Crippen molar-refractivity contribution in [2.24, 2.45) is 0 Å². The fraction of sp³-hybridized carbons (Fsp3) is 0.464. The summed E-state index contributed by atoms with van der Waals surface area (Å²) in [7, 11) is 0. The van der Waals surface area contributed by atoms with E-state index < -0.39 is 17.8 Å². The Hall–Kier alpha value is -3.21. The summed E-state index contributed by atoms with van der Waals surface area (Å²) >= 11 is 6.62. The first kappa shape index (κ1) is 26.0. The van der Waals surface area contributed by atoms with E-state index in [0.717, 1.165) is 49.0 Å². The van der Waals surface area contributed by atoms with E-state index >= 15 is 4.39 Å². The molecule has 4 heterocycles. The molecule has 0 radical (unpaired) electrons. The molecule has 4 aliphatic heterocycles. The third kappa shape index (κ3) is 5.20. The molecule has 0 bridgehead atoms. The number of piperidine rings is 1. The van der Waals surface area contributed by atoms with Gasteiger partial charge < -0.3 is 19.4 Å². The number of piperazine rings is 1. The molecule has 0 aliphatic carbocycles. The number of halogens is 2. The molecular formula is C28H31ClFN5O4. The largest absolute Gasteiger partial charge is 0.378 e. The van der Waals surface area contributed by atoms with Crippen LogP contribution in [0.25, 0.3) is 0 Å². The van der Waals surface area contributed by atoms with Crippen molar-refractivity contribution in [2.45, 2.75) is 32.0 Å². The van der Waals surface area contributed by atoms with Gasteiger partial charge >= 0.3 is 0 Å². The predicted octanol–water partition coefficient (Wildman–Crippen LogP) is 2.40. The number of anilines is 2. The van der Waals surface area contributed by atoms with Crippen molar-refractivity contribution in [1.29, 1.82) is 0 Å². The smallest absolute Gasteiger partial charge is 0.255 e. The van der Waals surface area contributed by atoms with E-state index in [1.165, 1.54) is 11.0 Å². The van der Waals surface area contributed by atoms with Crippen molar-refractivity contribution < 1.29 is 23.5 Å². The lowest BCUT2D eigenvalue weighted by atomic mass is 10.0. The number of fused-ring (bicyclic) bond motifs is 1. The van der Waals surface area contributed by atoms with Gasteiger partial charge in [0.25, 0.3) is 5.91 Å². The van der Waals surface area contributed by atoms with Gasteiger partial charge in [-0.2, -0.15) is 0 Å². The summed E-state index contributed by atoms with van der Waals surface area (Å²) in [6, 6.07) is 8.56. The van der Waals surface area contributed by atoms with Gasteiger partial charge in [0.05, 0.1) is 29.6 Å². The highest BCUT2D eigenvalue weighted by Gasteiger charge is 2.40. The molecule has 1 unspecified atom stereocenters. The van der Waals surface area contributed by atoms with Crippen molar-refractivity contribution in [3.8, 4) is 0 Å². The van der Waals surface area contributed by atoms with Gasteiger partial charge in [0.2, 0.25) is 11.8 Å². The first-order valence-corrected chi connectivity index (χ1v) is 13.8. The average molecular weight is 556 g/mol. The minimum absolute atomic E-state index is 0.185. The Morgan fingerprint density at radius 1 is 0.949 bits per heavy atom. The Morgan fingerprint density at radius 2 is 1.69 bits per heavy atom. The van der Waals surface area contributed by atoms with Crippen LogP contribution in [-0.2, 0) is 27.4 Å². The molecule has 11 heteroatoms. The highest BCUT2D eigenvalue weighted by atomic mass is 35.5. The van der Waals surface area contributed by atoms with Crippen molar-refractivity contribution in [2.75, 3.05) is 62.3 Å². The maximum absolute atomic E-state index is 15.2. The molecule has 1 atom stereocenters. The van der Waals surface area contributed by atoms with Gasteiger partial charge in [-0.25, -0.2) is 4.39 Å². The van der Waals surface area contributed by atoms with Gasteiger partial charge in [-0.15, -0.1) is 0 Å². The normalized spacial score (nSPS) is 22.4. The lowest BCUT2D eigenvalue weighted by molar-refractivity contribution is -0.136. The van der Waals surface area contributed by atoms with Gasteiger partial charge in [-0.3, -0.25) is 24.6 Å². The number of hydrogen-bond donors (Lipinski definition) is 1. The van der Waals surface area contributed by atoms with Crippen LogP contribution in [0.1, 0.15) is 34.3 Å². The van der Waals surface area contributed by atoms with Crippen LogP contribution < -0.4 is 15.1 Å². The number of ether oxygens (including phenoxy) is 1. The van der Waals surface area contributed by atoms with Crippen LogP contribution in [0.4, 0.5) is 15.8 Å². The van der Waals surface area contributed by atoms with E-state index in [1.807, 2.05) is 11.0 Å². The molecule has 0 aromatic heterocycles. The summed E-state index contributed by atoms with van der Waals surface area (Å²) in [5.74, 6) is -1.61. The molecular weight excluding hydrogens is 525 g/mol. The van der Waals surface area contributed by atoms with Crippen molar-refractivity contribution in [3.05, 3.63) is 57.9 Å². The quantitative estimate of drug-likeness (QED) is 0.567. The molecule has 3 amide bonds. The van der Waals surface area contributed by atoms with Gasteiger partial charge in [-0.05, 0) is 41.8 Å². The van der Waals surface area contributed by atoms with Crippen molar-refractivity contribution in [3.63, 3.8) is 0 Å². The van der Waals surface area contributed by atoms with E-state index in [4.69, 9.17) is 16.3 Å². The number of morpholine rings is 1. The highest BCUT2D eigenvalue weighted by Crippen LogP contribution is 2.33. The zero-order valence-corrected chi connectivity index (χ0v) is 22.4. The van der Waals surface area contributed by atoms with Crippen molar-refractivity contribution in [1.82, 2.24) is 15.1 Å². The van der Waals surface area contributed by atoms with Gasteiger partial charge in [0.1, 0.15) is 11.9 Å². The number of carbonyl (C=O) groups excluding carboxylic acids is 3. The van der Waals surface area contributed by atoms with Gasteiger partial charge in [0.15, 0.2) is 0 Å².